The molecule has 0 heterocycles. The molecule has 0 bridgehead atoms. The Morgan fingerprint density at radius 1 is 1.17 bits per heavy atom. The number of hydrogen-bond donors (Lipinski definition) is 0. The monoisotopic (exact) mass is 326 g/mol. The maximum absolute atomic E-state index is 11.4. The fourth-order valence-corrected chi connectivity index (χ4v) is 4.92. The molecule has 0 aliphatic carbocycles. The number of hydrogen-bond acceptors (Lipinski definition) is 2. The minimum Gasteiger partial charge on any atom is -0.229 e. The Kier molecular flexibility index (Phi) is 3.78. The van der Waals surface area contributed by atoms with Crippen LogP contribution in [0.15, 0.2) is 36.4 Å². The highest BCUT2D eigenvalue weighted by Crippen LogP contribution is 2.33. The van der Waals surface area contributed by atoms with Crippen LogP contribution >= 0.6 is 15.9 Å². The van der Waals surface area contributed by atoms with Crippen molar-refractivity contribution < 1.29 is 8.42 Å². The van der Waals surface area contributed by atoms with Crippen LogP contribution in [0.25, 0.3) is 10.8 Å². The van der Waals surface area contributed by atoms with Crippen molar-refractivity contribution in [2.75, 3.05) is 12.0 Å². The van der Waals surface area contributed by atoms with E-state index in [1.165, 1.54) is 6.26 Å². The molecular weight excluding hydrogens is 312 g/mol. The van der Waals surface area contributed by atoms with Crippen LogP contribution in [-0.2, 0) is 9.84 Å². The SMILES string of the molecule is Cc1ccc2ccccc2c1C(Br)CS(C)(=O)=O. The summed E-state index contributed by atoms with van der Waals surface area (Å²) in [5.41, 5.74) is 2.18. The summed E-state index contributed by atoms with van der Waals surface area (Å²) in [6, 6.07) is 12.1. The first-order valence-corrected chi connectivity index (χ1v) is 8.66. The van der Waals surface area contributed by atoms with Gasteiger partial charge in [0.25, 0.3) is 0 Å². The summed E-state index contributed by atoms with van der Waals surface area (Å²) in [6.45, 7) is 2.01. The molecule has 0 aliphatic heterocycles. The van der Waals surface area contributed by atoms with Gasteiger partial charge in [0, 0.05) is 6.26 Å². The number of benzene rings is 2. The third-order valence-corrected chi connectivity index (χ3v) is 5.10. The van der Waals surface area contributed by atoms with Crippen molar-refractivity contribution in [3.63, 3.8) is 0 Å². The largest absolute Gasteiger partial charge is 0.229 e. The van der Waals surface area contributed by atoms with Gasteiger partial charge in [-0.2, -0.15) is 0 Å². The molecular formula is C14H15BrO2S. The van der Waals surface area contributed by atoms with Gasteiger partial charge < -0.3 is 0 Å². The Morgan fingerprint density at radius 3 is 2.50 bits per heavy atom. The van der Waals surface area contributed by atoms with Crippen molar-refractivity contribution in [3.8, 4) is 0 Å². The molecule has 0 saturated heterocycles. The molecule has 18 heavy (non-hydrogen) atoms. The van der Waals surface area contributed by atoms with Gasteiger partial charge in [-0.1, -0.05) is 52.3 Å². The summed E-state index contributed by atoms with van der Waals surface area (Å²) < 4.78 is 22.9. The molecule has 0 fully saturated rings. The number of halogens is 1. The molecule has 2 aromatic rings. The van der Waals surface area contributed by atoms with Gasteiger partial charge in [-0.25, -0.2) is 8.42 Å². The van der Waals surface area contributed by atoms with E-state index in [0.29, 0.717) is 0 Å². The van der Waals surface area contributed by atoms with Crippen LogP contribution < -0.4 is 0 Å². The first-order valence-electron chi connectivity index (χ1n) is 5.68. The normalized spacial score (nSPS) is 13.7. The number of alkyl halides is 1. The van der Waals surface area contributed by atoms with E-state index >= 15 is 0 Å². The van der Waals surface area contributed by atoms with E-state index in [2.05, 4.69) is 22.0 Å². The first kappa shape index (κ1) is 13.6. The van der Waals surface area contributed by atoms with E-state index in [1.807, 2.05) is 37.3 Å². The third-order valence-electron chi connectivity index (χ3n) is 2.95. The van der Waals surface area contributed by atoms with E-state index in [9.17, 15) is 8.42 Å². The van der Waals surface area contributed by atoms with Crippen molar-refractivity contribution in [1.82, 2.24) is 0 Å². The van der Waals surface area contributed by atoms with E-state index in [0.717, 1.165) is 21.9 Å². The standard InChI is InChI=1S/C14H15BrO2S/c1-10-7-8-11-5-3-4-6-12(11)14(10)13(15)9-18(2,16)17/h3-8,13H,9H2,1-2H3. The molecule has 4 heteroatoms. The molecule has 0 aliphatic rings. The lowest BCUT2D eigenvalue weighted by atomic mass is 9.98. The smallest absolute Gasteiger partial charge is 0.148 e. The van der Waals surface area contributed by atoms with Gasteiger partial charge >= 0.3 is 0 Å². The van der Waals surface area contributed by atoms with Crippen LogP contribution in [0.5, 0.6) is 0 Å². The van der Waals surface area contributed by atoms with Gasteiger partial charge in [0.2, 0.25) is 0 Å². The minimum atomic E-state index is -3.00. The van der Waals surface area contributed by atoms with Gasteiger partial charge in [-0.05, 0) is 28.8 Å². The Bertz CT molecular complexity index is 677. The molecule has 1 unspecified atom stereocenters. The van der Waals surface area contributed by atoms with Crippen LogP contribution in [0.2, 0.25) is 0 Å². The van der Waals surface area contributed by atoms with Crippen molar-refractivity contribution >= 4 is 36.5 Å². The molecule has 2 nitrogen and oxygen atoms in total. The second-order valence-electron chi connectivity index (χ2n) is 4.58. The number of aryl methyl sites for hydroxylation is 1. The summed E-state index contributed by atoms with van der Waals surface area (Å²) in [5, 5.41) is 2.25. The van der Waals surface area contributed by atoms with Crippen LogP contribution in [0.1, 0.15) is 16.0 Å². The van der Waals surface area contributed by atoms with E-state index < -0.39 is 9.84 Å². The van der Waals surface area contributed by atoms with Crippen molar-refractivity contribution in [1.29, 1.82) is 0 Å². The molecule has 96 valence electrons. The quantitative estimate of drug-likeness (QED) is 0.807. The Labute approximate surface area is 116 Å². The molecule has 0 radical (unpaired) electrons. The maximum atomic E-state index is 11.4. The first-order chi connectivity index (χ1) is 8.38. The predicted octanol–water partition coefficient (Wildman–Crippen LogP) is 3.63. The number of fused-ring (bicyclic) bond motifs is 1. The predicted molar refractivity (Wildman–Crippen MR) is 80.1 cm³/mol. The average molecular weight is 327 g/mol. The van der Waals surface area contributed by atoms with Gasteiger partial charge in [-0.15, -0.1) is 0 Å². The highest BCUT2D eigenvalue weighted by atomic mass is 79.9. The Balaban J connectivity index is 2.59. The zero-order valence-electron chi connectivity index (χ0n) is 10.4. The van der Waals surface area contributed by atoms with E-state index in [4.69, 9.17) is 0 Å². The summed E-state index contributed by atoms with van der Waals surface area (Å²) in [6.07, 6.45) is 1.27. The van der Waals surface area contributed by atoms with Crippen molar-refractivity contribution in [3.05, 3.63) is 47.5 Å². The van der Waals surface area contributed by atoms with Crippen molar-refractivity contribution in [2.24, 2.45) is 0 Å². The van der Waals surface area contributed by atoms with Gasteiger partial charge in [-0.3, -0.25) is 0 Å². The van der Waals surface area contributed by atoms with Crippen LogP contribution in [0, 0.1) is 6.92 Å². The lowest BCUT2D eigenvalue weighted by molar-refractivity contribution is 0.601. The lowest BCUT2D eigenvalue weighted by Crippen LogP contribution is -2.10. The topological polar surface area (TPSA) is 34.1 Å². The third kappa shape index (κ3) is 2.93. The van der Waals surface area contributed by atoms with E-state index in [-0.39, 0.29) is 10.6 Å². The molecule has 0 amide bonds. The zero-order chi connectivity index (χ0) is 13.3. The van der Waals surface area contributed by atoms with Crippen LogP contribution in [-0.4, -0.2) is 20.4 Å². The second-order valence-corrected chi connectivity index (χ2v) is 7.87. The lowest BCUT2D eigenvalue weighted by Gasteiger charge is -2.15. The highest BCUT2D eigenvalue weighted by Gasteiger charge is 2.18. The van der Waals surface area contributed by atoms with Crippen LogP contribution in [0.3, 0.4) is 0 Å². The van der Waals surface area contributed by atoms with Crippen molar-refractivity contribution in [2.45, 2.75) is 11.8 Å². The van der Waals surface area contributed by atoms with Gasteiger partial charge in [0.05, 0.1) is 10.6 Å². The highest BCUT2D eigenvalue weighted by molar-refractivity contribution is 9.09. The second kappa shape index (κ2) is 5.02. The molecule has 1 atom stereocenters. The molecule has 0 aromatic heterocycles. The van der Waals surface area contributed by atoms with Gasteiger partial charge in [0.15, 0.2) is 0 Å². The minimum absolute atomic E-state index is 0.113. The molecule has 2 aromatic carbocycles. The Morgan fingerprint density at radius 2 is 1.83 bits per heavy atom. The molecule has 0 N–H and O–H groups in total. The fourth-order valence-electron chi connectivity index (χ4n) is 2.17. The number of sulfone groups is 1. The summed E-state index contributed by atoms with van der Waals surface area (Å²) in [4.78, 5) is -0.168. The molecule has 0 saturated carbocycles. The molecule has 0 spiro atoms. The number of rotatable bonds is 3. The van der Waals surface area contributed by atoms with Crippen LogP contribution in [0.4, 0.5) is 0 Å². The Hall–Kier alpha value is -0.870. The van der Waals surface area contributed by atoms with Gasteiger partial charge in [0.1, 0.15) is 9.84 Å². The van der Waals surface area contributed by atoms with E-state index in [1.54, 1.807) is 0 Å². The summed E-state index contributed by atoms with van der Waals surface area (Å²) in [7, 11) is -3.00. The average Bonchev–Trinajstić information content (AvgIpc) is 2.26. The zero-order valence-corrected chi connectivity index (χ0v) is 12.8. The maximum Gasteiger partial charge on any atom is 0.148 e. The molecule has 2 rings (SSSR count). The summed E-state index contributed by atoms with van der Waals surface area (Å²) >= 11 is 3.51. The summed E-state index contributed by atoms with van der Waals surface area (Å²) in [5.74, 6) is 0.113. The fraction of sp³-hybridized carbons (Fsp3) is 0.286.